The molecule has 0 spiro atoms. The van der Waals surface area contributed by atoms with Gasteiger partial charge in [0.15, 0.2) is 5.17 Å². The molecule has 1 aromatic heterocycles. The van der Waals surface area contributed by atoms with Crippen LogP contribution in [0.25, 0.3) is 10.8 Å². The minimum Gasteiger partial charge on any atom is -0.363 e. The molecule has 0 radical (unpaired) electrons. The van der Waals surface area contributed by atoms with Crippen LogP contribution in [0.1, 0.15) is 29.2 Å². The molecule has 0 saturated heterocycles. The highest BCUT2D eigenvalue weighted by molar-refractivity contribution is 8.14. The smallest absolute Gasteiger partial charge is 0.157 e. The van der Waals surface area contributed by atoms with Crippen LogP contribution in [-0.4, -0.2) is 29.3 Å². The normalized spacial score (nSPS) is 18.9. The van der Waals surface area contributed by atoms with Crippen LogP contribution in [0, 0.1) is 0 Å². The van der Waals surface area contributed by atoms with E-state index >= 15 is 0 Å². The summed E-state index contributed by atoms with van der Waals surface area (Å²) in [6.07, 6.45) is 3.74. The number of benzene rings is 2. The van der Waals surface area contributed by atoms with Crippen molar-refractivity contribution in [3.05, 3.63) is 78.1 Å². The maximum Gasteiger partial charge on any atom is 0.157 e. The quantitative estimate of drug-likeness (QED) is 0.704. The molecule has 27 heavy (non-hydrogen) atoms. The van der Waals surface area contributed by atoms with E-state index < -0.39 is 0 Å². The van der Waals surface area contributed by atoms with Gasteiger partial charge in [0, 0.05) is 30.4 Å². The van der Waals surface area contributed by atoms with Crippen LogP contribution in [0.3, 0.4) is 0 Å². The van der Waals surface area contributed by atoms with E-state index in [9.17, 15) is 0 Å². The first-order valence-corrected chi connectivity index (χ1v) is 10.2. The predicted molar refractivity (Wildman–Crippen MR) is 115 cm³/mol. The molecule has 138 valence electrons. The van der Waals surface area contributed by atoms with E-state index in [0.717, 1.165) is 18.3 Å². The van der Waals surface area contributed by atoms with Gasteiger partial charge in [0.1, 0.15) is 0 Å². The molecule has 0 aliphatic carbocycles. The Bertz CT molecular complexity index is 941. The molecule has 0 saturated carbocycles. The van der Waals surface area contributed by atoms with Gasteiger partial charge in [-0.1, -0.05) is 61.2 Å². The van der Waals surface area contributed by atoms with Crippen LogP contribution < -0.4 is 11.1 Å². The summed E-state index contributed by atoms with van der Waals surface area (Å²) in [5, 5.41) is 7.19. The molecule has 0 amide bonds. The number of amidine groups is 1. The van der Waals surface area contributed by atoms with Crippen molar-refractivity contribution in [2.75, 3.05) is 13.1 Å². The minimum atomic E-state index is 0.0444. The highest BCUT2D eigenvalue weighted by Gasteiger charge is 2.23. The summed E-state index contributed by atoms with van der Waals surface area (Å²) < 4.78 is 0. The van der Waals surface area contributed by atoms with Gasteiger partial charge < -0.3 is 11.1 Å². The Morgan fingerprint density at radius 3 is 2.85 bits per heavy atom. The first-order valence-electron chi connectivity index (χ1n) is 9.30. The van der Waals surface area contributed by atoms with E-state index in [1.54, 1.807) is 11.8 Å². The van der Waals surface area contributed by atoms with Crippen LogP contribution >= 0.6 is 11.8 Å². The minimum absolute atomic E-state index is 0.0444. The second-order valence-corrected chi connectivity index (χ2v) is 8.17. The lowest BCUT2D eigenvalue weighted by atomic mass is 9.94. The summed E-state index contributed by atoms with van der Waals surface area (Å²) in [6.45, 7) is 3.70. The maximum atomic E-state index is 6.40. The second-order valence-electron chi connectivity index (χ2n) is 6.98. The third kappa shape index (κ3) is 4.15. The van der Waals surface area contributed by atoms with Gasteiger partial charge in [-0.25, -0.2) is 0 Å². The number of pyridine rings is 1. The Morgan fingerprint density at radius 2 is 2.00 bits per heavy atom. The topological polar surface area (TPSA) is 63.3 Å². The van der Waals surface area contributed by atoms with Crippen molar-refractivity contribution in [3.63, 3.8) is 0 Å². The molecule has 4 rings (SSSR count). The number of thioether (sulfide) groups is 1. The standard InChI is InChI=1S/C22H24N4S/c1-15(16-5-3-2-4-6-16)20(23)13-25-22-26-14-21(27-22)18-7-8-19-12-24-10-9-17(19)11-18/h2-12,15,20-21H,13-14,23H2,1H3,(H,25,26)/t15-,20+,21?/m0/s1. The molecule has 5 heteroatoms. The van der Waals surface area contributed by atoms with Crippen molar-refractivity contribution < 1.29 is 0 Å². The highest BCUT2D eigenvalue weighted by Crippen LogP contribution is 2.35. The average Bonchev–Trinajstić information content (AvgIpc) is 3.21. The molecule has 1 aliphatic rings. The Kier molecular flexibility index (Phi) is 5.41. The first-order chi connectivity index (χ1) is 13.2. The molecule has 1 unspecified atom stereocenters. The summed E-state index contributed by atoms with van der Waals surface area (Å²) in [5.74, 6) is 0.301. The van der Waals surface area contributed by atoms with Crippen molar-refractivity contribution in [2.24, 2.45) is 10.7 Å². The number of nitrogens with one attached hydrogen (secondary N) is 1. The third-order valence-electron chi connectivity index (χ3n) is 5.15. The molecule has 0 bridgehead atoms. The summed E-state index contributed by atoms with van der Waals surface area (Å²) in [4.78, 5) is 8.86. The number of aliphatic imine (C=N–C) groups is 1. The van der Waals surface area contributed by atoms with Gasteiger partial charge in [-0.05, 0) is 34.6 Å². The SMILES string of the molecule is C[C@@H](c1ccccc1)[C@H](N)CNC1=NCC(c2ccc3cnccc3c2)S1. The summed E-state index contributed by atoms with van der Waals surface area (Å²) in [7, 11) is 0. The Morgan fingerprint density at radius 1 is 1.15 bits per heavy atom. The first kappa shape index (κ1) is 18.0. The lowest BCUT2D eigenvalue weighted by molar-refractivity contribution is 0.556. The van der Waals surface area contributed by atoms with Crippen LogP contribution in [0.5, 0.6) is 0 Å². The van der Waals surface area contributed by atoms with Crippen molar-refractivity contribution in [1.82, 2.24) is 10.3 Å². The zero-order chi connectivity index (χ0) is 18.6. The third-order valence-corrected chi connectivity index (χ3v) is 6.35. The largest absolute Gasteiger partial charge is 0.363 e. The van der Waals surface area contributed by atoms with E-state index in [1.165, 1.54) is 21.9 Å². The van der Waals surface area contributed by atoms with Crippen molar-refractivity contribution >= 4 is 27.7 Å². The van der Waals surface area contributed by atoms with Gasteiger partial charge in [0.05, 0.1) is 11.8 Å². The van der Waals surface area contributed by atoms with Crippen LogP contribution in [0.4, 0.5) is 0 Å². The molecule has 2 aromatic carbocycles. The van der Waals surface area contributed by atoms with Crippen molar-refractivity contribution in [3.8, 4) is 0 Å². The summed E-state index contributed by atoms with van der Waals surface area (Å²) in [5.41, 5.74) is 8.98. The Labute approximate surface area is 164 Å². The predicted octanol–water partition coefficient (Wildman–Crippen LogP) is 4.10. The molecular weight excluding hydrogens is 352 g/mol. The van der Waals surface area contributed by atoms with Crippen molar-refractivity contribution in [1.29, 1.82) is 0 Å². The van der Waals surface area contributed by atoms with E-state index in [0.29, 0.717) is 11.2 Å². The highest BCUT2D eigenvalue weighted by atomic mass is 32.2. The number of aromatic nitrogens is 1. The fourth-order valence-electron chi connectivity index (χ4n) is 3.33. The van der Waals surface area contributed by atoms with Crippen LogP contribution in [0.2, 0.25) is 0 Å². The molecule has 3 aromatic rings. The van der Waals surface area contributed by atoms with E-state index in [4.69, 9.17) is 5.73 Å². The molecule has 3 atom stereocenters. The number of fused-ring (bicyclic) bond motifs is 1. The van der Waals surface area contributed by atoms with E-state index in [-0.39, 0.29) is 6.04 Å². The van der Waals surface area contributed by atoms with Gasteiger partial charge in [0.25, 0.3) is 0 Å². The molecule has 0 fully saturated rings. The van der Waals surface area contributed by atoms with E-state index in [2.05, 4.69) is 70.7 Å². The van der Waals surface area contributed by atoms with Crippen LogP contribution in [0.15, 0.2) is 72.0 Å². The number of hydrogen-bond acceptors (Lipinski definition) is 5. The molecule has 1 aliphatic heterocycles. The monoisotopic (exact) mass is 376 g/mol. The van der Waals surface area contributed by atoms with Gasteiger partial charge in [-0.2, -0.15) is 0 Å². The van der Waals surface area contributed by atoms with Crippen molar-refractivity contribution in [2.45, 2.75) is 24.1 Å². The maximum absolute atomic E-state index is 6.40. The van der Waals surface area contributed by atoms with Gasteiger partial charge in [0.2, 0.25) is 0 Å². The Hall–Kier alpha value is -2.37. The molecule has 2 heterocycles. The lowest BCUT2D eigenvalue weighted by Crippen LogP contribution is -2.39. The van der Waals surface area contributed by atoms with E-state index in [1.807, 2.05) is 18.5 Å². The zero-order valence-electron chi connectivity index (χ0n) is 15.4. The Balaban J connectivity index is 1.34. The number of rotatable bonds is 5. The average molecular weight is 377 g/mol. The van der Waals surface area contributed by atoms with Crippen LogP contribution in [-0.2, 0) is 0 Å². The second kappa shape index (κ2) is 8.11. The van der Waals surface area contributed by atoms with Gasteiger partial charge in [-0.15, -0.1) is 0 Å². The molecule has 3 N–H and O–H groups in total. The molecular formula is C22H24N4S. The zero-order valence-corrected chi connectivity index (χ0v) is 16.2. The van der Waals surface area contributed by atoms with Gasteiger partial charge in [-0.3, -0.25) is 9.98 Å². The summed E-state index contributed by atoms with van der Waals surface area (Å²) >= 11 is 1.79. The molecule has 4 nitrogen and oxygen atoms in total. The summed E-state index contributed by atoms with van der Waals surface area (Å²) in [6, 6.07) is 19.1. The number of hydrogen-bond donors (Lipinski definition) is 2. The fraction of sp³-hybridized carbons (Fsp3) is 0.273. The number of nitrogens with two attached hydrogens (primary N) is 1. The number of nitrogens with zero attached hydrogens (tertiary/aromatic N) is 2. The van der Waals surface area contributed by atoms with Gasteiger partial charge >= 0.3 is 0 Å². The fourth-order valence-corrected chi connectivity index (χ4v) is 4.35. The lowest BCUT2D eigenvalue weighted by Gasteiger charge is -2.21.